The summed E-state index contributed by atoms with van der Waals surface area (Å²) < 4.78 is 9.68. The molecule has 1 rings (SSSR count). The second-order valence-corrected chi connectivity index (χ2v) is 4.26. The number of ether oxygens (including phenoxy) is 2. The van der Waals surface area contributed by atoms with Crippen molar-refractivity contribution in [3.05, 3.63) is 12.8 Å². The molecule has 0 aromatic rings. The van der Waals surface area contributed by atoms with Crippen LogP contribution in [0, 0.1) is 17.2 Å². The van der Waals surface area contributed by atoms with Crippen molar-refractivity contribution in [1.29, 1.82) is 5.26 Å². The summed E-state index contributed by atoms with van der Waals surface area (Å²) in [4.78, 5) is 25.0. The molecular weight excluding hydrogens is 248 g/mol. The third-order valence-corrected chi connectivity index (χ3v) is 3.07. The van der Waals surface area contributed by atoms with Crippen LogP contribution in [-0.2, 0) is 14.3 Å². The highest BCUT2D eigenvalue weighted by Crippen LogP contribution is 2.26. The molecule has 1 saturated heterocycles. The Morgan fingerprint density at radius 1 is 1.58 bits per heavy atom. The summed E-state index contributed by atoms with van der Waals surface area (Å²) in [6, 6.07) is 1.41. The van der Waals surface area contributed by atoms with Crippen LogP contribution in [0.15, 0.2) is 12.8 Å². The Morgan fingerprint density at radius 2 is 2.32 bits per heavy atom. The fourth-order valence-corrected chi connectivity index (χ4v) is 2.17. The molecule has 1 aliphatic rings. The molecule has 0 N–H and O–H groups in total. The van der Waals surface area contributed by atoms with E-state index in [9.17, 15) is 9.59 Å². The van der Waals surface area contributed by atoms with E-state index in [1.54, 1.807) is 6.92 Å². The summed E-state index contributed by atoms with van der Waals surface area (Å²) in [5.41, 5.74) is 0. The minimum Gasteiger partial charge on any atom is -0.464 e. The number of amides is 1. The number of nitriles is 1. The predicted octanol–water partition coefficient (Wildman–Crippen LogP) is 1.82. The molecule has 2 atom stereocenters. The maximum atomic E-state index is 11.9. The van der Waals surface area contributed by atoms with E-state index in [1.807, 2.05) is 0 Å². The first-order chi connectivity index (χ1) is 9.13. The number of hydrogen-bond donors (Lipinski definition) is 0. The molecule has 104 valence electrons. The molecule has 0 unspecified atom stereocenters. The second kappa shape index (κ2) is 7.41. The first kappa shape index (κ1) is 15.0. The van der Waals surface area contributed by atoms with Gasteiger partial charge >= 0.3 is 12.1 Å². The molecule has 6 heteroatoms. The number of piperidine rings is 1. The molecule has 1 aliphatic heterocycles. The number of nitrogens with zero attached hydrogens (tertiary/aromatic N) is 2. The SMILES string of the molecule is C=COC(=O)N1CC[C@H](CC#N)C[C@H]1C(=O)OCC. The van der Waals surface area contributed by atoms with E-state index in [-0.39, 0.29) is 12.5 Å². The van der Waals surface area contributed by atoms with Gasteiger partial charge in [-0.3, -0.25) is 4.90 Å². The van der Waals surface area contributed by atoms with Crippen LogP contribution in [-0.4, -0.2) is 36.2 Å². The molecule has 1 fully saturated rings. The highest BCUT2D eigenvalue weighted by atomic mass is 16.6. The van der Waals surface area contributed by atoms with Crippen LogP contribution in [0.3, 0.4) is 0 Å². The molecular formula is C13H18N2O4. The summed E-state index contributed by atoms with van der Waals surface area (Å²) in [5.74, 6) is -0.349. The smallest absolute Gasteiger partial charge is 0.415 e. The van der Waals surface area contributed by atoms with Crippen molar-refractivity contribution in [2.45, 2.75) is 32.2 Å². The van der Waals surface area contributed by atoms with Gasteiger partial charge in [-0.15, -0.1) is 0 Å². The molecule has 6 nitrogen and oxygen atoms in total. The second-order valence-electron chi connectivity index (χ2n) is 4.26. The normalized spacial score (nSPS) is 22.2. The molecule has 19 heavy (non-hydrogen) atoms. The molecule has 0 saturated carbocycles. The quantitative estimate of drug-likeness (QED) is 0.573. The topological polar surface area (TPSA) is 79.6 Å². The van der Waals surface area contributed by atoms with Gasteiger partial charge in [0.2, 0.25) is 0 Å². The minimum atomic E-state index is -0.681. The number of carbonyl (C=O) groups excluding carboxylic acids is 2. The van der Waals surface area contributed by atoms with E-state index in [4.69, 9.17) is 14.7 Å². The van der Waals surface area contributed by atoms with Gasteiger partial charge in [-0.2, -0.15) is 5.26 Å². The van der Waals surface area contributed by atoms with Crippen LogP contribution < -0.4 is 0 Å². The van der Waals surface area contributed by atoms with E-state index in [0.29, 0.717) is 25.8 Å². The highest BCUT2D eigenvalue weighted by Gasteiger charge is 2.37. The number of carbonyl (C=O) groups is 2. The van der Waals surface area contributed by atoms with Gasteiger partial charge in [0, 0.05) is 13.0 Å². The van der Waals surface area contributed by atoms with Crippen LogP contribution in [0.5, 0.6) is 0 Å². The van der Waals surface area contributed by atoms with Crippen molar-refractivity contribution in [1.82, 2.24) is 4.90 Å². The molecule has 1 amide bonds. The lowest BCUT2D eigenvalue weighted by Crippen LogP contribution is -2.50. The summed E-state index contributed by atoms with van der Waals surface area (Å²) >= 11 is 0. The zero-order valence-electron chi connectivity index (χ0n) is 11.0. The fourth-order valence-electron chi connectivity index (χ4n) is 2.17. The lowest BCUT2D eigenvalue weighted by atomic mass is 9.89. The van der Waals surface area contributed by atoms with Crippen molar-refractivity contribution >= 4 is 12.1 Å². The Kier molecular flexibility index (Phi) is 5.86. The van der Waals surface area contributed by atoms with Gasteiger partial charge in [0.1, 0.15) is 6.04 Å². The van der Waals surface area contributed by atoms with E-state index in [0.717, 1.165) is 6.26 Å². The molecule has 0 aromatic carbocycles. The largest absolute Gasteiger partial charge is 0.464 e. The Balaban J connectivity index is 2.78. The standard InChI is InChI=1S/C13H18N2O4/c1-3-18-12(16)11-9-10(5-7-14)6-8-15(11)13(17)19-4-2/h4,10-11H,2-3,5-6,8-9H2,1H3/t10-,11-/m0/s1. The van der Waals surface area contributed by atoms with Crippen molar-refractivity contribution in [3.63, 3.8) is 0 Å². The third-order valence-electron chi connectivity index (χ3n) is 3.07. The van der Waals surface area contributed by atoms with E-state index in [1.165, 1.54) is 4.90 Å². The summed E-state index contributed by atoms with van der Waals surface area (Å²) in [5, 5.41) is 8.72. The average molecular weight is 266 g/mol. The summed E-state index contributed by atoms with van der Waals surface area (Å²) in [6.45, 7) is 5.66. The Hall–Kier alpha value is -2.03. The monoisotopic (exact) mass is 266 g/mol. The Morgan fingerprint density at radius 3 is 2.89 bits per heavy atom. The van der Waals surface area contributed by atoms with Gasteiger partial charge in [0.05, 0.1) is 18.9 Å². The average Bonchev–Trinajstić information content (AvgIpc) is 2.39. The molecule has 0 bridgehead atoms. The van der Waals surface area contributed by atoms with Gasteiger partial charge in [0.25, 0.3) is 0 Å². The third kappa shape index (κ3) is 3.98. The first-order valence-corrected chi connectivity index (χ1v) is 6.25. The minimum absolute atomic E-state index is 0.104. The lowest BCUT2D eigenvalue weighted by molar-refractivity contribution is -0.150. The molecule has 0 aromatic heterocycles. The fraction of sp³-hybridized carbons (Fsp3) is 0.615. The summed E-state index contributed by atoms with van der Waals surface area (Å²) in [6.07, 6.45) is 1.91. The van der Waals surface area contributed by atoms with Crippen LogP contribution >= 0.6 is 0 Å². The Labute approximate surface area is 112 Å². The number of esters is 1. The summed E-state index contributed by atoms with van der Waals surface area (Å²) in [7, 11) is 0. The van der Waals surface area contributed by atoms with Crippen molar-refractivity contribution in [2.75, 3.05) is 13.2 Å². The Bertz CT molecular complexity index is 389. The zero-order chi connectivity index (χ0) is 14.3. The lowest BCUT2D eigenvalue weighted by Gasteiger charge is -2.36. The maximum absolute atomic E-state index is 11.9. The van der Waals surface area contributed by atoms with Crippen LogP contribution in [0.2, 0.25) is 0 Å². The van der Waals surface area contributed by atoms with Crippen molar-refractivity contribution in [3.8, 4) is 6.07 Å². The van der Waals surface area contributed by atoms with Crippen molar-refractivity contribution in [2.24, 2.45) is 5.92 Å². The molecule has 1 heterocycles. The number of likely N-dealkylation sites (tertiary alicyclic amines) is 1. The van der Waals surface area contributed by atoms with Gasteiger partial charge in [0.15, 0.2) is 0 Å². The zero-order valence-corrected chi connectivity index (χ0v) is 11.0. The number of hydrogen-bond acceptors (Lipinski definition) is 5. The van der Waals surface area contributed by atoms with Gasteiger partial charge in [-0.05, 0) is 25.7 Å². The molecule has 0 spiro atoms. The van der Waals surface area contributed by atoms with Gasteiger partial charge < -0.3 is 9.47 Å². The molecule has 0 radical (unpaired) electrons. The van der Waals surface area contributed by atoms with Crippen LogP contribution in [0.4, 0.5) is 4.79 Å². The van der Waals surface area contributed by atoms with Gasteiger partial charge in [-0.25, -0.2) is 9.59 Å². The van der Waals surface area contributed by atoms with Crippen LogP contribution in [0.1, 0.15) is 26.2 Å². The van der Waals surface area contributed by atoms with Gasteiger partial charge in [-0.1, -0.05) is 6.58 Å². The highest BCUT2D eigenvalue weighted by molar-refractivity contribution is 5.81. The molecule has 0 aliphatic carbocycles. The van der Waals surface area contributed by atoms with E-state index >= 15 is 0 Å². The first-order valence-electron chi connectivity index (χ1n) is 6.25. The van der Waals surface area contributed by atoms with E-state index in [2.05, 4.69) is 12.6 Å². The van der Waals surface area contributed by atoms with Crippen LogP contribution in [0.25, 0.3) is 0 Å². The predicted molar refractivity (Wildman–Crippen MR) is 66.8 cm³/mol. The van der Waals surface area contributed by atoms with E-state index < -0.39 is 18.1 Å². The number of rotatable bonds is 4. The maximum Gasteiger partial charge on any atom is 0.415 e. The van der Waals surface area contributed by atoms with Crippen molar-refractivity contribution < 1.29 is 19.1 Å².